The van der Waals surface area contributed by atoms with Crippen LogP contribution in [0.1, 0.15) is 43.2 Å². The van der Waals surface area contributed by atoms with Crippen LogP contribution < -0.4 is 16.3 Å². The van der Waals surface area contributed by atoms with E-state index in [0.717, 1.165) is 5.52 Å². The highest BCUT2D eigenvalue weighted by atomic mass is 19.1. The number of nitrogens with one attached hydrogen (secondary N) is 3. The number of likely N-dealkylation sites (tertiary alicyclic amines) is 1. The number of piperidine rings is 1. The van der Waals surface area contributed by atoms with Crippen LogP contribution in [0.4, 0.5) is 9.18 Å². The molecule has 1 aromatic carbocycles. The Morgan fingerprint density at radius 2 is 1.85 bits per heavy atom. The minimum Gasteiger partial charge on any atom is -0.354 e. The average Bonchev–Trinajstić information content (AvgIpc) is 3.08. The van der Waals surface area contributed by atoms with Gasteiger partial charge in [0, 0.05) is 37.8 Å². The second-order valence-electron chi connectivity index (χ2n) is 8.93. The van der Waals surface area contributed by atoms with Crippen LogP contribution in [-0.4, -0.2) is 57.0 Å². The van der Waals surface area contributed by atoms with Gasteiger partial charge in [-0.25, -0.2) is 19.0 Å². The lowest BCUT2D eigenvalue weighted by Crippen LogP contribution is -2.52. The third-order valence-corrected chi connectivity index (χ3v) is 6.89. The number of hydrogen-bond acceptors (Lipinski definition) is 4. The number of aromatic nitrogens is 3. The topological polar surface area (TPSA) is 112 Å². The van der Waals surface area contributed by atoms with E-state index in [-0.39, 0.29) is 35.4 Å². The molecule has 1 unspecified atom stereocenters. The summed E-state index contributed by atoms with van der Waals surface area (Å²) >= 11 is 0. The van der Waals surface area contributed by atoms with Crippen LogP contribution in [-0.2, 0) is 4.79 Å². The SMILES string of the molecule is O=C1NCC(c2ccccc2F)CC[C@H]1NC(=O)N1CCC(n2c(=O)[nH]c3ncccc32)CC1. The molecule has 4 heterocycles. The fourth-order valence-electron chi connectivity index (χ4n) is 5.05. The number of aromatic amines is 1. The van der Waals surface area contributed by atoms with E-state index in [1.807, 2.05) is 6.07 Å². The van der Waals surface area contributed by atoms with Crippen molar-refractivity contribution < 1.29 is 14.0 Å². The molecule has 2 aliphatic rings. The van der Waals surface area contributed by atoms with E-state index in [1.165, 1.54) is 6.07 Å². The minimum atomic E-state index is -0.663. The fourth-order valence-corrected chi connectivity index (χ4v) is 5.05. The van der Waals surface area contributed by atoms with Gasteiger partial charge in [-0.3, -0.25) is 14.3 Å². The Balaban J connectivity index is 1.19. The van der Waals surface area contributed by atoms with Crippen LogP contribution in [0, 0.1) is 5.82 Å². The lowest BCUT2D eigenvalue weighted by Gasteiger charge is -2.33. The number of amides is 3. The van der Waals surface area contributed by atoms with Crippen molar-refractivity contribution in [3.63, 3.8) is 0 Å². The molecule has 0 bridgehead atoms. The van der Waals surface area contributed by atoms with Gasteiger partial charge in [0.25, 0.3) is 0 Å². The molecule has 5 rings (SSSR count). The van der Waals surface area contributed by atoms with E-state index in [4.69, 9.17) is 0 Å². The number of imidazole rings is 1. The highest BCUT2D eigenvalue weighted by Crippen LogP contribution is 2.27. The third kappa shape index (κ3) is 4.27. The zero-order valence-electron chi connectivity index (χ0n) is 18.7. The van der Waals surface area contributed by atoms with Crippen LogP contribution in [0.2, 0.25) is 0 Å². The Morgan fingerprint density at radius 1 is 1.06 bits per heavy atom. The Morgan fingerprint density at radius 3 is 2.65 bits per heavy atom. The number of carbonyl (C=O) groups is 2. The van der Waals surface area contributed by atoms with Crippen LogP contribution in [0.25, 0.3) is 11.2 Å². The summed E-state index contributed by atoms with van der Waals surface area (Å²) in [5.74, 6) is -0.663. The quantitative estimate of drug-likeness (QED) is 0.550. The summed E-state index contributed by atoms with van der Waals surface area (Å²) in [6, 6.07) is 9.26. The molecule has 0 saturated carbocycles. The number of urea groups is 1. The number of fused-ring (bicyclic) bond motifs is 1. The van der Waals surface area contributed by atoms with Crippen LogP contribution in [0.3, 0.4) is 0 Å². The number of halogens is 1. The number of nitrogens with zero attached hydrogens (tertiary/aromatic N) is 3. The maximum Gasteiger partial charge on any atom is 0.327 e. The molecule has 178 valence electrons. The van der Waals surface area contributed by atoms with Gasteiger partial charge in [0.15, 0.2) is 5.65 Å². The van der Waals surface area contributed by atoms with Crippen LogP contribution in [0.5, 0.6) is 0 Å². The second-order valence-corrected chi connectivity index (χ2v) is 8.93. The van der Waals surface area contributed by atoms with Crippen LogP contribution in [0.15, 0.2) is 47.4 Å². The van der Waals surface area contributed by atoms with Crippen molar-refractivity contribution >= 4 is 23.1 Å². The van der Waals surface area contributed by atoms with Gasteiger partial charge in [-0.1, -0.05) is 18.2 Å². The maximum absolute atomic E-state index is 14.2. The van der Waals surface area contributed by atoms with Gasteiger partial charge in [-0.2, -0.15) is 0 Å². The molecule has 10 heteroatoms. The first-order valence-electron chi connectivity index (χ1n) is 11.6. The molecule has 2 aliphatic heterocycles. The highest BCUT2D eigenvalue weighted by molar-refractivity contribution is 5.87. The van der Waals surface area contributed by atoms with Crippen molar-refractivity contribution in [3.05, 3.63) is 64.5 Å². The fraction of sp³-hybridized carbons (Fsp3) is 0.417. The molecule has 0 radical (unpaired) electrons. The molecular weight excluding hydrogens is 439 g/mol. The van der Waals surface area contributed by atoms with Crippen molar-refractivity contribution in [2.24, 2.45) is 0 Å². The zero-order valence-corrected chi connectivity index (χ0v) is 18.7. The smallest absolute Gasteiger partial charge is 0.327 e. The van der Waals surface area contributed by atoms with Gasteiger partial charge in [0.05, 0.1) is 5.52 Å². The Labute approximate surface area is 195 Å². The van der Waals surface area contributed by atoms with Gasteiger partial charge in [0.2, 0.25) is 5.91 Å². The van der Waals surface area contributed by atoms with Crippen LogP contribution >= 0.6 is 0 Å². The highest BCUT2D eigenvalue weighted by Gasteiger charge is 2.31. The molecule has 34 heavy (non-hydrogen) atoms. The van der Waals surface area contributed by atoms with E-state index in [9.17, 15) is 18.8 Å². The Bertz CT molecular complexity index is 1260. The van der Waals surface area contributed by atoms with E-state index in [2.05, 4.69) is 20.6 Å². The van der Waals surface area contributed by atoms with E-state index >= 15 is 0 Å². The molecule has 0 spiro atoms. The molecule has 3 aromatic rings. The molecule has 9 nitrogen and oxygen atoms in total. The molecule has 0 aliphatic carbocycles. The van der Waals surface area contributed by atoms with Gasteiger partial charge in [-0.05, 0) is 49.4 Å². The first kappa shape index (κ1) is 22.1. The standard InChI is InChI=1S/C24H27FN6O3/c25-18-5-2-1-4-17(18)15-7-8-19(22(32)27-14-15)28-23(33)30-12-9-16(10-13-30)31-20-6-3-11-26-21(20)29-24(31)34/h1-6,11,15-16,19H,7-10,12-14H2,(H,27,32)(H,28,33)(H,26,29,34)/t15?,19-/m1/s1. The summed E-state index contributed by atoms with van der Waals surface area (Å²) < 4.78 is 15.9. The second kappa shape index (κ2) is 9.28. The summed E-state index contributed by atoms with van der Waals surface area (Å²) in [5.41, 5.74) is 1.70. The van der Waals surface area contributed by atoms with Crippen molar-refractivity contribution in [3.8, 4) is 0 Å². The normalized spacial score (nSPS) is 21.8. The number of rotatable bonds is 3. The van der Waals surface area contributed by atoms with E-state index in [1.54, 1.807) is 39.9 Å². The van der Waals surface area contributed by atoms with Gasteiger partial charge >= 0.3 is 11.7 Å². The average molecular weight is 467 g/mol. The maximum atomic E-state index is 14.2. The molecule has 2 saturated heterocycles. The van der Waals surface area contributed by atoms with E-state index in [0.29, 0.717) is 56.5 Å². The molecule has 3 amide bonds. The number of hydrogen-bond donors (Lipinski definition) is 3. The van der Waals surface area contributed by atoms with Crippen molar-refractivity contribution in [2.45, 2.75) is 43.7 Å². The lowest BCUT2D eigenvalue weighted by atomic mass is 9.93. The van der Waals surface area contributed by atoms with Gasteiger partial charge < -0.3 is 15.5 Å². The number of H-pyrrole nitrogens is 1. The lowest BCUT2D eigenvalue weighted by molar-refractivity contribution is -0.122. The summed E-state index contributed by atoms with van der Waals surface area (Å²) in [6.45, 7) is 1.29. The van der Waals surface area contributed by atoms with Gasteiger partial charge in [-0.15, -0.1) is 0 Å². The zero-order chi connectivity index (χ0) is 23.7. The molecular formula is C24H27FN6O3. The van der Waals surface area contributed by atoms with Crippen molar-refractivity contribution in [1.29, 1.82) is 0 Å². The minimum absolute atomic E-state index is 0.0304. The number of carbonyl (C=O) groups excluding carboxylic acids is 2. The third-order valence-electron chi connectivity index (χ3n) is 6.89. The largest absolute Gasteiger partial charge is 0.354 e. The molecule has 2 fully saturated rings. The first-order valence-corrected chi connectivity index (χ1v) is 11.6. The summed E-state index contributed by atoms with van der Waals surface area (Å²) in [4.78, 5) is 46.6. The monoisotopic (exact) mass is 466 g/mol. The number of benzene rings is 1. The van der Waals surface area contributed by atoms with Gasteiger partial charge in [0.1, 0.15) is 11.9 Å². The molecule has 3 N–H and O–H groups in total. The first-order chi connectivity index (χ1) is 16.5. The Hall–Kier alpha value is -3.69. The predicted octanol–water partition coefficient (Wildman–Crippen LogP) is 2.27. The molecule has 2 aromatic heterocycles. The summed E-state index contributed by atoms with van der Waals surface area (Å²) in [7, 11) is 0. The summed E-state index contributed by atoms with van der Waals surface area (Å²) in [6.07, 6.45) is 3.91. The van der Waals surface area contributed by atoms with Crippen molar-refractivity contribution in [1.82, 2.24) is 30.1 Å². The Kier molecular flexibility index (Phi) is 6.04. The van der Waals surface area contributed by atoms with E-state index < -0.39 is 6.04 Å². The predicted molar refractivity (Wildman–Crippen MR) is 124 cm³/mol. The van der Waals surface area contributed by atoms with Crippen molar-refractivity contribution in [2.75, 3.05) is 19.6 Å². The molecule has 2 atom stereocenters. The summed E-state index contributed by atoms with van der Waals surface area (Å²) in [5, 5.41) is 5.69. The number of pyridine rings is 1.